The summed E-state index contributed by atoms with van der Waals surface area (Å²) in [5, 5.41) is 0. The standard InChI is InChI=1S/C13H21NO2S/c1-3-17(15,16)9-8-13(14)10-12-7-5-4-6-11(12)2/h4-7,13H,3,8-10,14H2,1-2H3. The van der Waals surface area contributed by atoms with Gasteiger partial charge < -0.3 is 5.73 Å². The molecule has 0 bridgehead atoms. The quantitative estimate of drug-likeness (QED) is 0.841. The minimum Gasteiger partial charge on any atom is -0.327 e. The SMILES string of the molecule is CCS(=O)(=O)CCC(N)Cc1ccccc1C. The number of sulfone groups is 1. The van der Waals surface area contributed by atoms with Crippen molar-refractivity contribution in [3.63, 3.8) is 0 Å². The molecular formula is C13H21NO2S. The van der Waals surface area contributed by atoms with Crippen molar-refractivity contribution in [2.75, 3.05) is 11.5 Å². The molecule has 1 rings (SSSR count). The van der Waals surface area contributed by atoms with Gasteiger partial charge in [0.15, 0.2) is 0 Å². The van der Waals surface area contributed by atoms with Gasteiger partial charge in [0, 0.05) is 11.8 Å². The highest BCUT2D eigenvalue weighted by Crippen LogP contribution is 2.10. The molecule has 0 aliphatic carbocycles. The van der Waals surface area contributed by atoms with E-state index in [-0.39, 0.29) is 17.5 Å². The highest BCUT2D eigenvalue weighted by Gasteiger charge is 2.12. The van der Waals surface area contributed by atoms with Crippen LogP contribution < -0.4 is 5.73 Å². The molecular weight excluding hydrogens is 234 g/mol. The molecule has 4 heteroatoms. The second kappa shape index (κ2) is 6.17. The Morgan fingerprint density at radius 2 is 1.94 bits per heavy atom. The third-order valence-electron chi connectivity index (χ3n) is 2.98. The molecule has 0 radical (unpaired) electrons. The Bertz CT molecular complexity index is 454. The minimum atomic E-state index is -2.90. The van der Waals surface area contributed by atoms with E-state index in [0.717, 1.165) is 6.42 Å². The zero-order valence-corrected chi connectivity index (χ0v) is 11.3. The molecule has 0 aliphatic rings. The normalized spacial score (nSPS) is 13.6. The van der Waals surface area contributed by atoms with Gasteiger partial charge in [0.05, 0.1) is 5.75 Å². The lowest BCUT2D eigenvalue weighted by molar-refractivity contribution is 0.581. The second-order valence-electron chi connectivity index (χ2n) is 4.42. The molecule has 1 atom stereocenters. The Morgan fingerprint density at radius 3 is 2.53 bits per heavy atom. The molecule has 2 N–H and O–H groups in total. The number of aryl methyl sites for hydroxylation is 1. The van der Waals surface area contributed by atoms with Crippen LogP contribution in [0.15, 0.2) is 24.3 Å². The lowest BCUT2D eigenvalue weighted by atomic mass is 10.0. The Labute approximate surface area is 104 Å². The molecule has 0 saturated carbocycles. The topological polar surface area (TPSA) is 60.2 Å². The molecule has 1 aromatic rings. The molecule has 0 aliphatic heterocycles. The maximum absolute atomic E-state index is 11.4. The summed E-state index contributed by atoms with van der Waals surface area (Å²) in [7, 11) is -2.90. The zero-order valence-electron chi connectivity index (χ0n) is 10.5. The van der Waals surface area contributed by atoms with E-state index in [4.69, 9.17) is 5.73 Å². The van der Waals surface area contributed by atoms with Gasteiger partial charge in [-0.1, -0.05) is 31.2 Å². The van der Waals surface area contributed by atoms with Crippen LogP contribution in [0.25, 0.3) is 0 Å². The second-order valence-corrected chi connectivity index (χ2v) is 6.89. The van der Waals surface area contributed by atoms with E-state index in [0.29, 0.717) is 6.42 Å². The molecule has 17 heavy (non-hydrogen) atoms. The largest absolute Gasteiger partial charge is 0.327 e. The molecule has 1 aromatic carbocycles. The van der Waals surface area contributed by atoms with E-state index in [9.17, 15) is 8.42 Å². The summed E-state index contributed by atoms with van der Waals surface area (Å²) in [6.45, 7) is 3.72. The summed E-state index contributed by atoms with van der Waals surface area (Å²) in [4.78, 5) is 0. The van der Waals surface area contributed by atoms with E-state index in [1.807, 2.05) is 31.2 Å². The van der Waals surface area contributed by atoms with Crippen molar-refractivity contribution in [2.45, 2.75) is 32.7 Å². The summed E-state index contributed by atoms with van der Waals surface area (Å²) in [6, 6.07) is 7.98. The molecule has 3 nitrogen and oxygen atoms in total. The molecule has 96 valence electrons. The van der Waals surface area contributed by atoms with Crippen LogP contribution in [-0.2, 0) is 16.3 Å². The highest BCUT2D eigenvalue weighted by atomic mass is 32.2. The zero-order chi connectivity index (χ0) is 12.9. The molecule has 0 fully saturated rings. The molecule has 0 amide bonds. The average molecular weight is 255 g/mol. The molecule has 0 spiro atoms. The van der Waals surface area contributed by atoms with Gasteiger partial charge in [-0.05, 0) is 30.9 Å². The molecule has 0 aromatic heterocycles. The smallest absolute Gasteiger partial charge is 0.150 e. The van der Waals surface area contributed by atoms with Crippen molar-refractivity contribution in [2.24, 2.45) is 5.73 Å². The first-order valence-electron chi connectivity index (χ1n) is 5.95. The Kier molecular flexibility index (Phi) is 5.15. The fraction of sp³-hybridized carbons (Fsp3) is 0.538. The fourth-order valence-corrected chi connectivity index (χ4v) is 2.65. The number of hydrogen-bond acceptors (Lipinski definition) is 3. The van der Waals surface area contributed by atoms with Crippen LogP contribution in [0.3, 0.4) is 0 Å². The van der Waals surface area contributed by atoms with Gasteiger partial charge in [-0.2, -0.15) is 0 Å². The highest BCUT2D eigenvalue weighted by molar-refractivity contribution is 7.91. The lowest BCUT2D eigenvalue weighted by Gasteiger charge is -2.13. The van der Waals surface area contributed by atoms with Crippen LogP contribution in [-0.4, -0.2) is 26.0 Å². The predicted octanol–water partition coefficient (Wildman–Crippen LogP) is 1.69. The maximum atomic E-state index is 11.4. The van der Waals surface area contributed by atoms with E-state index in [1.165, 1.54) is 11.1 Å². The third-order valence-corrected chi connectivity index (χ3v) is 4.72. The van der Waals surface area contributed by atoms with E-state index in [2.05, 4.69) is 0 Å². The predicted molar refractivity (Wildman–Crippen MR) is 71.8 cm³/mol. The maximum Gasteiger partial charge on any atom is 0.150 e. The van der Waals surface area contributed by atoms with Gasteiger partial charge in [-0.3, -0.25) is 0 Å². The van der Waals surface area contributed by atoms with Crippen LogP contribution >= 0.6 is 0 Å². The minimum absolute atomic E-state index is 0.0857. The number of rotatable bonds is 6. The van der Waals surface area contributed by atoms with Crippen molar-refractivity contribution < 1.29 is 8.42 Å². The fourth-order valence-electron chi connectivity index (χ4n) is 1.70. The Morgan fingerprint density at radius 1 is 1.29 bits per heavy atom. The van der Waals surface area contributed by atoms with Gasteiger partial charge in [-0.15, -0.1) is 0 Å². The van der Waals surface area contributed by atoms with E-state index >= 15 is 0 Å². The molecule has 0 saturated heterocycles. The average Bonchev–Trinajstić information content (AvgIpc) is 2.30. The summed E-state index contributed by atoms with van der Waals surface area (Å²) in [5.74, 6) is 0.390. The monoisotopic (exact) mass is 255 g/mol. The van der Waals surface area contributed by atoms with Crippen LogP contribution in [0.5, 0.6) is 0 Å². The Hall–Kier alpha value is -0.870. The number of nitrogens with two attached hydrogens (primary N) is 1. The van der Waals surface area contributed by atoms with Gasteiger partial charge in [-0.25, -0.2) is 8.42 Å². The first kappa shape index (κ1) is 14.2. The molecule has 1 unspecified atom stereocenters. The number of hydrogen-bond donors (Lipinski definition) is 1. The summed E-state index contributed by atoms with van der Waals surface area (Å²) in [6.07, 6.45) is 1.27. The van der Waals surface area contributed by atoms with Crippen molar-refractivity contribution in [1.29, 1.82) is 0 Å². The van der Waals surface area contributed by atoms with Crippen molar-refractivity contribution >= 4 is 9.84 Å². The van der Waals surface area contributed by atoms with Gasteiger partial charge in [0.25, 0.3) is 0 Å². The van der Waals surface area contributed by atoms with Crippen molar-refractivity contribution in [3.05, 3.63) is 35.4 Å². The van der Waals surface area contributed by atoms with Crippen LogP contribution in [0, 0.1) is 6.92 Å². The Balaban J connectivity index is 2.51. The summed E-state index contributed by atoms with van der Waals surface area (Å²) < 4.78 is 22.7. The van der Waals surface area contributed by atoms with Gasteiger partial charge >= 0.3 is 0 Å². The first-order valence-corrected chi connectivity index (χ1v) is 7.77. The van der Waals surface area contributed by atoms with Crippen molar-refractivity contribution in [1.82, 2.24) is 0 Å². The molecule has 0 heterocycles. The first-order chi connectivity index (χ1) is 7.94. The van der Waals surface area contributed by atoms with Crippen LogP contribution in [0.2, 0.25) is 0 Å². The number of benzene rings is 1. The van der Waals surface area contributed by atoms with Crippen LogP contribution in [0.4, 0.5) is 0 Å². The van der Waals surface area contributed by atoms with E-state index in [1.54, 1.807) is 6.92 Å². The lowest BCUT2D eigenvalue weighted by Crippen LogP contribution is -2.26. The van der Waals surface area contributed by atoms with Gasteiger partial charge in [0.2, 0.25) is 0 Å². The van der Waals surface area contributed by atoms with Crippen molar-refractivity contribution in [3.8, 4) is 0 Å². The van der Waals surface area contributed by atoms with Gasteiger partial charge in [0.1, 0.15) is 9.84 Å². The summed E-state index contributed by atoms with van der Waals surface area (Å²) >= 11 is 0. The summed E-state index contributed by atoms with van der Waals surface area (Å²) in [5.41, 5.74) is 8.38. The van der Waals surface area contributed by atoms with E-state index < -0.39 is 9.84 Å². The third kappa shape index (κ3) is 4.88. The van der Waals surface area contributed by atoms with Crippen LogP contribution in [0.1, 0.15) is 24.5 Å².